The number of rotatable bonds is 6. The molecule has 13 heteroatoms. The predicted octanol–water partition coefficient (Wildman–Crippen LogP) is 2.98. The van der Waals surface area contributed by atoms with Crippen molar-refractivity contribution < 1.29 is 28.0 Å². The molecule has 0 radical (unpaired) electrons. The van der Waals surface area contributed by atoms with Crippen molar-refractivity contribution >= 4 is 57.9 Å². The van der Waals surface area contributed by atoms with E-state index >= 15 is 0 Å². The van der Waals surface area contributed by atoms with Crippen LogP contribution in [0.25, 0.3) is 0 Å². The second kappa shape index (κ2) is 12.2. The predicted molar refractivity (Wildman–Crippen MR) is 89.9 cm³/mol. The first-order valence-electron chi connectivity index (χ1n) is 5.80. The largest absolute Gasteiger partial charge is 0.447 e. The van der Waals surface area contributed by atoms with Crippen molar-refractivity contribution in [1.82, 2.24) is 8.61 Å². The lowest BCUT2D eigenvalue weighted by Crippen LogP contribution is -2.28. The Morgan fingerprint density at radius 3 is 1.52 bits per heavy atom. The number of hydrogen-bond acceptors (Lipinski definition) is 9. The molecular weight excluding hydrogens is 374 g/mol. The fourth-order valence-electron chi connectivity index (χ4n) is 0.778. The molecule has 0 fully saturated rings. The van der Waals surface area contributed by atoms with E-state index in [2.05, 4.69) is 20.0 Å². The van der Waals surface area contributed by atoms with Crippen molar-refractivity contribution in [3.63, 3.8) is 0 Å². The highest BCUT2D eigenvalue weighted by molar-refractivity contribution is 8.13. The summed E-state index contributed by atoms with van der Waals surface area (Å²) in [6, 6.07) is 0. The SMILES string of the molecule is CSC(CF)=NOC(=O)N(C)SN(C)C(=O)ON=C(CF)SC. The Labute approximate surface area is 145 Å². The van der Waals surface area contributed by atoms with Crippen molar-refractivity contribution in [1.29, 1.82) is 0 Å². The molecule has 0 aromatic carbocycles. The van der Waals surface area contributed by atoms with Crippen LogP contribution in [0.2, 0.25) is 0 Å². The number of hydrogen-bond donors (Lipinski definition) is 0. The van der Waals surface area contributed by atoms with Crippen LogP contribution in [-0.4, -0.2) is 70.8 Å². The molecule has 2 amide bonds. The molecule has 0 aromatic rings. The van der Waals surface area contributed by atoms with Crippen molar-refractivity contribution in [2.75, 3.05) is 40.0 Å². The molecule has 0 aromatic heterocycles. The van der Waals surface area contributed by atoms with Crippen LogP contribution >= 0.6 is 35.7 Å². The molecule has 0 spiro atoms. The minimum atomic E-state index is -0.924. The first-order chi connectivity index (χ1) is 10.9. The Hall–Kier alpha value is -1.21. The van der Waals surface area contributed by atoms with Crippen LogP contribution in [0.3, 0.4) is 0 Å². The van der Waals surface area contributed by atoms with Crippen molar-refractivity contribution in [3.8, 4) is 0 Å². The van der Waals surface area contributed by atoms with Crippen molar-refractivity contribution in [2.45, 2.75) is 0 Å². The lowest BCUT2D eigenvalue weighted by atomic mass is 10.8. The van der Waals surface area contributed by atoms with E-state index in [9.17, 15) is 18.4 Å². The van der Waals surface area contributed by atoms with Gasteiger partial charge in [0.15, 0.2) is 0 Å². The second-order valence-electron chi connectivity index (χ2n) is 3.44. The zero-order chi connectivity index (χ0) is 17.8. The first kappa shape index (κ1) is 21.8. The molecule has 23 heavy (non-hydrogen) atoms. The maximum absolute atomic E-state index is 12.4. The monoisotopic (exact) mass is 390 g/mol. The Bertz CT molecular complexity index is 415. The molecule has 0 unspecified atom stereocenters. The van der Waals surface area contributed by atoms with Gasteiger partial charge in [-0.2, -0.15) is 0 Å². The summed E-state index contributed by atoms with van der Waals surface area (Å²) in [7, 11) is 2.61. The molecule has 8 nitrogen and oxygen atoms in total. The number of nitrogens with zero attached hydrogens (tertiary/aromatic N) is 4. The Balaban J connectivity index is 4.45. The maximum atomic E-state index is 12.4. The number of amides is 2. The highest BCUT2D eigenvalue weighted by atomic mass is 32.2. The number of thioether (sulfide) groups is 2. The number of carbonyl (C=O) groups excluding carboxylic acids is 2. The fourth-order valence-corrected chi connectivity index (χ4v) is 1.79. The van der Waals surface area contributed by atoms with E-state index in [-0.39, 0.29) is 10.1 Å². The Kier molecular flexibility index (Phi) is 11.6. The smallest absolute Gasteiger partial charge is 0.296 e. The third-order valence-corrected chi connectivity index (χ3v) is 4.01. The molecule has 0 atom stereocenters. The highest BCUT2D eigenvalue weighted by Crippen LogP contribution is 2.15. The van der Waals surface area contributed by atoms with Crippen molar-refractivity contribution in [2.24, 2.45) is 10.3 Å². The lowest BCUT2D eigenvalue weighted by Gasteiger charge is -2.19. The molecule has 0 N–H and O–H groups in total. The maximum Gasteiger partial charge on any atom is 0.447 e. The second-order valence-corrected chi connectivity index (χ2v) is 6.45. The molecule has 0 aliphatic heterocycles. The van der Waals surface area contributed by atoms with Crippen LogP contribution in [0, 0.1) is 0 Å². The summed E-state index contributed by atoms with van der Waals surface area (Å²) < 4.78 is 26.6. The molecule has 0 heterocycles. The standard InChI is InChI=1S/C10H16F2N4O4S3/c1-15(9(17)19-13-7(5-11)21-3)23-16(2)10(18)20-14-8(6-12)22-4/h5-6H2,1-4H3. The highest BCUT2D eigenvalue weighted by Gasteiger charge is 2.19. The average Bonchev–Trinajstić information content (AvgIpc) is 2.55. The number of oxime groups is 2. The van der Waals surface area contributed by atoms with Gasteiger partial charge in [0.1, 0.15) is 23.4 Å². The summed E-state index contributed by atoms with van der Waals surface area (Å²) in [5.41, 5.74) is 0. The summed E-state index contributed by atoms with van der Waals surface area (Å²) in [6.45, 7) is -1.72. The van der Waals surface area contributed by atoms with Gasteiger partial charge in [0.2, 0.25) is 0 Å². The van der Waals surface area contributed by atoms with Crippen molar-refractivity contribution in [3.05, 3.63) is 0 Å². The van der Waals surface area contributed by atoms with E-state index in [0.717, 1.165) is 32.1 Å². The summed E-state index contributed by atoms with van der Waals surface area (Å²) in [4.78, 5) is 32.2. The molecule has 0 saturated carbocycles. The van der Waals surface area contributed by atoms with E-state index in [1.807, 2.05) is 0 Å². The van der Waals surface area contributed by atoms with Gasteiger partial charge in [-0.15, -0.1) is 23.5 Å². The summed E-state index contributed by atoms with van der Waals surface area (Å²) >= 11 is 2.62. The first-order valence-corrected chi connectivity index (χ1v) is 8.98. The van der Waals surface area contributed by atoms with Gasteiger partial charge in [-0.1, -0.05) is 10.3 Å². The number of carbonyl (C=O) groups is 2. The van der Waals surface area contributed by atoms with Gasteiger partial charge in [0, 0.05) is 14.1 Å². The molecule has 132 valence electrons. The van der Waals surface area contributed by atoms with Crippen LogP contribution in [0.15, 0.2) is 10.3 Å². The van der Waals surface area contributed by atoms with Gasteiger partial charge in [-0.25, -0.2) is 27.0 Å². The zero-order valence-corrected chi connectivity index (χ0v) is 15.3. The van der Waals surface area contributed by atoms with E-state index in [0.29, 0.717) is 12.1 Å². The number of halogens is 2. The zero-order valence-electron chi connectivity index (χ0n) is 12.8. The van der Waals surface area contributed by atoms with E-state index in [1.54, 1.807) is 12.5 Å². The van der Waals surface area contributed by atoms with Gasteiger partial charge < -0.3 is 0 Å². The fraction of sp³-hybridized carbons (Fsp3) is 0.600. The topological polar surface area (TPSA) is 83.8 Å². The molecule has 0 saturated heterocycles. The molecule has 0 bridgehead atoms. The Morgan fingerprint density at radius 1 is 0.913 bits per heavy atom. The molecular formula is C10H16F2N4O4S3. The molecule has 0 aliphatic rings. The third kappa shape index (κ3) is 8.86. The van der Waals surface area contributed by atoms with Gasteiger partial charge in [0.05, 0.1) is 12.1 Å². The minimum absolute atomic E-state index is 0.00494. The normalized spacial score (nSPS) is 11.9. The van der Waals surface area contributed by atoms with Crippen LogP contribution in [0.5, 0.6) is 0 Å². The molecule has 0 aliphatic carbocycles. The summed E-state index contributed by atoms with van der Waals surface area (Å²) in [5.74, 6) is 0. The van der Waals surface area contributed by atoms with E-state index in [1.165, 1.54) is 14.1 Å². The van der Waals surface area contributed by atoms with E-state index in [4.69, 9.17) is 0 Å². The lowest BCUT2D eigenvalue weighted by molar-refractivity contribution is 0.131. The van der Waals surface area contributed by atoms with Gasteiger partial charge in [-0.05, 0) is 12.5 Å². The van der Waals surface area contributed by atoms with Gasteiger partial charge in [-0.3, -0.25) is 9.68 Å². The molecule has 0 rings (SSSR count). The third-order valence-electron chi connectivity index (χ3n) is 1.91. The van der Waals surface area contributed by atoms with Crippen LogP contribution in [0.4, 0.5) is 18.4 Å². The van der Waals surface area contributed by atoms with Crippen LogP contribution in [-0.2, 0) is 9.68 Å². The number of alkyl halides is 2. The minimum Gasteiger partial charge on any atom is -0.296 e. The average molecular weight is 390 g/mol. The quantitative estimate of drug-likeness (QED) is 0.227. The van der Waals surface area contributed by atoms with E-state index < -0.39 is 25.5 Å². The Morgan fingerprint density at radius 2 is 1.26 bits per heavy atom. The summed E-state index contributed by atoms with van der Waals surface area (Å²) in [5, 5.41) is 6.62. The summed E-state index contributed by atoms with van der Waals surface area (Å²) in [6.07, 6.45) is 1.31. The van der Waals surface area contributed by atoms with Gasteiger partial charge in [0.25, 0.3) is 0 Å². The van der Waals surface area contributed by atoms with Crippen LogP contribution in [0.1, 0.15) is 0 Å². The van der Waals surface area contributed by atoms with Crippen LogP contribution < -0.4 is 0 Å². The van der Waals surface area contributed by atoms with Gasteiger partial charge >= 0.3 is 12.2 Å².